The van der Waals surface area contributed by atoms with Crippen molar-refractivity contribution in [3.8, 4) is 0 Å². The number of thioether (sulfide) groups is 1. The second-order valence-corrected chi connectivity index (χ2v) is 4.17. The molecule has 88 valence electrons. The smallest absolute Gasteiger partial charge is 0.376 e. The molecule has 0 fully saturated rings. The third-order valence-corrected chi connectivity index (χ3v) is 2.67. The van der Waals surface area contributed by atoms with Crippen LogP contribution in [0.5, 0.6) is 0 Å². The van der Waals surface area contributed by atoms with E-state index < -0.39 is 5.97 Å². The van der Waals surface area contributed by atoms with Crippen LogP contribution in [0.25, 0.3) is 0 Å². The number of nitrogens with zero attached hydrogens (tertiary/aromatic N) is 2. The summed E-state index contributed by atoms with van der Waals surface area (Å²) in [5, 5.41) is 3.18. The average Bonchev–Trinajstić information content (AvgIpc) is 2.28. The molecule has 1 rings (SSSR count). The maximum atomic E-state index is 11.2. The standard InChI is InChI=1S/C10H15N3O2S/c1-7(6-16-3)12-8-4-5-11-9(13-8)10(14)15-2/h4-5,7H,6H2,1-3H3,(H,11,12,13). The zero-order valence-corrected chi connectivity index (χ0v) is 10.4. The van der Waals surface area contributed by atoms with Gasteiger partial charge < -0.3 is 10.1 Å². The maximum absolute atomic E-state index is 11.2. The van der Waals surface area contributed by atoms with E-state index in [2.05, 4.69) is 26.9 Å². The molecule has 1 heterocycles. The highest BCUT2D eigenvalue weighted by atomic mass is 32.2. The van der Waals surface area contributed by atoms with E-state index in [1.165, 1.54) is 13.3 Å². The molecule has 1 N–H and O–H groups in total. The summed E-state index contributed by atoms with van der Waals surface area (Å²) < 4.78 is 4.55. The summed E-state index contributed by atoms with van der Waals surface area (Å²) >= 11 is 1.75. The molecule has 6 heteroatoms. The predicted molar refractivity (Wildman–Crippen MR) is 64.8 cm³/mol. The van der Waals surface area contributed by atoms with E-state index >= 15 is 0 Å². The summed E-state index contributed by atoms with van der Waals surface area (Å²) in [5.74, 6) is 1.15. The van der Waals surface area contributed by atoms with Gasteiger partial charge in [0.25, 0.3) is 0 Å². The number of methoxy groups -OCH3 is 1. The minimum Gasteiger partial charge on any atom is -0.463 e. The molecular weight excluding hydrogens is 226 g/mol. The molecule has 0 aliphatic rings. The van der Waals surface area contributed by atoms with Gasteiger partial charge in [-0.15, -0.1) is 0 Å². The summed E-state index contributed by atoms with van der Waals surface area (Å²) in [6.07, 6.45) is 3.57. The zero-order valence-electron chi connectivity index (χ0n) is 9.56. The van der Waals surface area contributed by atoms with Gasteiger partial charge in [0.2, 0.25) is 5.82 Å². The van der Waals surface area contributed by atoms with Crippen molar-refractivity contribution < 1.29 is 9.53 Å². The monoisotopic (exact) mass is 241 g/mol. The number of aromatic nitrogens is 2. The molecule has 1 atom stereocenters. The van der Waals surface area contributed by atoms with Crippen LogP contribution < -0.4 is 5.32 Å². The molecule has 0 spiro atoms. The number of hydrogen-bond donors (Lipinski definition) is 1. The van der Waals surface area contributed by atoms with Gasteiger partial charge in [-0.1, -0.05) is 0 Å². The van der Waals surface area contributed by atoms with Crippen molar-refractivity contribution in [3.05, 3.63) is 18.1 Å². The average molecular weight is 241 g/mol. The van der Waals surface area contributed by atoms with E-state index in [1.807, 2.05) is 6.26 Å². The number of esters is 1. The summed E-state index contributed by atoms with van der Waals surface area (Å²) in [5.41, 5.74) is 0. The SMILES string of the molecule is COC(=O)c1nccc(NC(C)CSC)n1. The molecule has 0 radical (unpaired) electrons. The van der Waals surface area contributed by atoms with E-state index in [0.717, 1.165) is 5.75 Å². The molecule has 1 aromatic heterocycles. The molecule has 5 nitrogen and oxygen atoms in total. The van der Waals surface area contributed by atoms with Crippen LogP contribution in [0, 0.1) is 0 Å². The molecular formula is C10H15N3O2S. The lowest BCUT2D eigenvalue weighted by molar-refractivity contribution is 0.0587. The van der Waals surface area contributed by atoms with Gasteiger partial charge in [-0.3, -0.25) is 0 Å². The first kappa shape index (κ1) is 12.8. The Hall–Kier alpha value is -1.30. The van der Waals surface area contributed by atoms with Crippen LogP contribution in [0.2, 0.25) is 0 Å². The fourth-order valence-corrected chi connectivity index (χ4v) is 1.76. The first-order valence-corrected chi connectivity index (χ1v) is 6.23. The number of nitrogens with one attached hydrogen (secondary N) is 1. The number of carbonyl (C=O) groups is 1. The van der Waals surface area contributed by atoms with Gasteiger partial charge in [-0.05, 0) is 19.2 Å². The fourth-order valence-electron chi connectivity index (χ4n) is 1.17. The van der Waals surface area contributed by atoms with Crippen molar-refractivity contribution in [1.82, 2.24) is 9.97 Å². The van der Waals surface area contributed by atoms with Crippen molar-refractivity contribution in [2.24, 2.45) is 0 Å². The molecule has 1 aromatic rings. The van der Waals surface area contributed by atoms with Crippen LogP contribution >= 0.6 is 11.8 Å². The van der Waals surface area contributed by atoms with Crippen LogP contribution in [0.3, 0.4) is 0 Å². The summed E-state index contributed by atoms with van der Waals surface area (Å²) in [4.78, 5) is 19.1. The largest absolute Gasteiger partial charge is 0.463 e. The third kappa shape index (κ3) is 3.69. The van der Waals surface area contributed by atoms with Gasteiger partial charge >= 0.3 is 5.97 Å². The Kier molecular flexibility index (Phi) is 5.04. The van der Waals surface area contributed by atoms with Gasteiger partial charge in [-0.25, -0.2) is 14.8 Å². The van der Waals surface area contributed by atoms with Crippen molar-refractivity contribution in [1.29, 1.82) is 0 Å². The number of rotatable bonds is 5. The molecule has 16 heavy (non-hydrogen) atoms. The second kappa shape index (κ2) is 6.32. The molecule has 0 aliphatic carbocycles. The van der Waals surface area contributed by atoms with Crippen LogP contribution in [-0.2, 0) is 4.74 Å². The minimum atomic E-state index is -0.527. The topological polar surface area (TPSA) is 64.1 Å². The molecule has 0 saturated heterocycles. The van der Waals surface area contributed by atoms with Crippen molar-refractivity contribution in [2.75, 3.05) is 24.4 Å². The molecule has 0 saturated carbocycles. The molecule has 0 amide bonds. The summed E-state index contributed by atoms with van der Waals surface area (Å²) in [6, 6.07) is 2.01. The van der Waals surface area contributed by atoms with Gasteiger partial charge in [0.1, 0.15) is 5.82 Å². The van der Waals surface area contributed by atoms with Crippen LogP contribution in [0.15, 0.2) is 12.3 Å². The number of hydrogen-bond acceptors (Lipinski definition) is 6. The summed E-state index contributed by atoms with van der Waals surface area (Å²) in [6.45, 7) is 2.05. The Labute approximate surface area is 99.0 Å². The minimum absolute atomic E-state index is 0.0730. The number of ether oxygens (including phenoxy) is 1. The highest BCUT2D eigenvalue weighted by Crippen LogP contribution is 2.07. The molecule has 0 bridgehead atoms. The van der Waals surface area contributed by atoms with Crippen molar-refractivity contribution in [2.45, 2.75) is 13.0 Å². The molecule has 0 aromatic carbocycles. The van der Waals surface area contributed by atoms with E-state index in [4.69, 9.17) is 0 Å². The lowest BCUT2D eigenvalue weighted by Gasteiger charge is -2.12. The Morgan fingerprint density at radius 1 is 1.69 bits per heavy atom. The zero-order chi connectivity index (χ0) is 12.0. The maximum Gasteiger partial charge on any atom is 0.376 e. The second-order valence-electron chi connectivity index (χ2n) is 3.26. The highest BCUT2D eigenvalue weighted by Gasteiger charge is 2.10. The van der Waals surface area contributed by atoms with E-state index in [0.29, 0.717) is 5.82 Å². The Morgan fingerprint density at radius 2 is 2.44 bits per heavy atom. The van der Waals surface area contributed by atoms with Crippen LogP contribution in [-0.4, -0.2) is 41.1 Å². The molecule has 0 aliphatic heterocycles. The number of carbonyl (C=O) groups excluding carboxylic acids is 1. The Bertz CT molecular complexity index is 360. The number of anilines is 1. The van der Waals surface area contributed by atoms with Gasteiger partial charge in [-0.2, -0.15) is 11.8 Å². The summed E-state index contributed by atoms with van der Waals surface area (Å²) in [7, 11) is 1.31. The van der Waals surface area contributed by atoms with E-state index in [9.17, 15) is 4.79 Å². The normalized spacial score (nSPS) is 11.9. The fraction of sp³-hybridized carbons (Fsp3) is 0.500. The van der Waals surface area contributed by atoms with Crippen LogP contribution in [0.1, 0.15) is 17.5 Å². The lowest BCUT2D eigenvalue weighted by Crippen LogP contribution is -2.19. The Morgan fingerprint density at radius 3 is 3.06 bits per heavy atom. The lowest BCUT2D eigenvalue weighted by atomic mass is 10.4. The van der Waals surface area contributed by atoms with E-state index in [1.54, 1.807) is 17.8 Å². The van der Waals surface area contributed by atoms with E-state index in [-0.39, 0.29) is 11.9 Å². The van der Waals surface area contributed by atoms with Crippen LogP contribution in [0.4, 0.5) is 5.82 Å². The first-order valence-electron chi connectivity index (χ1n) is 4.84. The Balaban J connectivity index is 2.70. The molecule has 1 unspecified atom stereocenters. The van der Waals surface area contributed by atoms with Gasteiger partial charge in [0.05, 0.1) is 7.11 Å². The third-order valence-electron chi connectivity index (χ3n) is 1.83. The van der Waals surface area contributed by atoms with Crippen molar-refractivity contribution in [3.63, 3.8) is 0 Å². The van der Waals surface area contributed by atoms with Gasteiger partial charge in [0, 0.05) is 18.0 Å². The quantitative estimate of drug-likeness (QED) is 0.787. The van der Waals surface area contributed by atoms with Crippen molar-refractivity contribution >= 4 is 23.5 Å². The first-order chi connectivity index (χ1) is 7.67. The highest BCUT2D eigenvalue weighted by molar-refractivity contribution is 7.98. The predicted octanol–water partition coefficient (Wildman–Crippen LogP) is 1.43. The van der Waals surface area contributed by atoms with Gasteiger partial charge in [0.15, 0.2) is 0 Å².